The molecule has 2 aromatic carbocycles. The van der Waals surface area contributed by atoms with Gasteiger partial charge in [0, 0.05) is 26.7 Å². The van der Waals surface area contributed by atoms with Crippen molar-refractivity contribution in [1.29, 1.82) is 0 Å². The topological polar surface area (TPSA) is 157 Å². The van der Waals surface area contributed by atoms with Gasteiger partial charge in [0.15, 0.2) is 6.29 Å². The van der Waals surface area contributed by atoms with Crippen molar-refractivity contribution in [3.05, 3.63) is 60.7 Å². The number of alkyl halides is 2. The number of aliphatic carboxylic acids is 1. The van der Waals surface area contributed by atoms with E-state index in [0.717, 1.165) is 70.6 Å². The van der Waals surface area contributed by atoms with Crippen molar-refractivity contribution in [3.63, 3.8) is 0 Å². The summed E-state index contributed by atoms with van der Waals surface area (Å²) in [4.78, 5) is 25.9. The summed E-state index contributed by atoms with van der Waals surface area (Å²) in [5.41, 5.74) is 0. The number of carboxylic acid groups (broad SMARTS) is 1. The number of nitrogens with one attached hydrogen (secondary N) is 1. The number of benzene rings is 2. The van der Waals surface area contributed by atoms with E-state index in [2.05, 4.69) is 26.1 Å². The zero-order valence-corrected chi connectivity index (χ0v) is 48.7. The van der Waals surface area contributed by atoms with Crippen LogP contribution in [0.2, 0.25) is 0 Å². The van der Waals surface area contributed by atoms with Gasteiger partial charge < -0.3 is 43.2 Å². The van der Waals surface area contributed by atoms with Gasteiger partial charge in [0.25, 0.3) is 5.91 Å². The van der Waals surface area contributed by atoms with Gasteiger partial charge in [-0.1, -0.05) is 231 Å². The zero-order valence-electron chi connectivity index (χ0n) is 47.8. The molecule has 1 saturated heterocycles. The number of carbonyl (C=O) groups is 2. The number of carboxylic acids is 1. The number of hydrogen-bond acceptors (Lipinski definition) is 11. The van der Waals surface area contributed by atoms with Crippen LogP contribution >= 0.6 is 7.82 Å². The standard InChI is InChI=1S/C61H102F2NO12P/c1-5-8-11-14-17-20-23-26-29-38-46-61(62,63)60(67)64-56-58(71-48-45-51(40-33-28-25-22-19-16-13-10-7-3)70-47-39-30-27-24-21-18-15-12-9-6-2)57(54(49-69-4)73-59(56)72-50-55(65)66)76-77(68,74-52-41-34-31-35-42-52)75-53-43-36-32-37-44-53/h31-32,34-37,41-44,51,54,56-59H,5-30,33,38-40,45-50H2,1-4H3,(H,64,67)(H,65,66)/t51-,54-,56-,57-,58-,59+/m1/s1. The lowest BCUT2D eigenvalue weighted by atomic mass is 9.95. The second-order valence-corrected chi connectivity index (χ2v) is 22.6. The number of rotatable bonds is 50. The van der Waals surface area contributed by atoms with Crippen molar-refractivity contribution in [2.24, 2.45) is 0 Å². The highest BCUT2D eigenvalue weighted by Crippen LogP contribution is 2.52. The highest BCUT2D eigenvalue weighted by Gasteiger charge is 2.54. The second-order valence-electron chi connectivity index (χ2n) is 21.1. The third-order valence-electron chi connectivity index (χ3n) is 14.2. The lowest BCUT2D eigenvalue weighted by Gasteiger charge is -2.46. The summed E-state index contributed by atoms with van der Waals surface area (Å²) in [5, 5.41) is 12.2. The van der Waals surface area contributed by atoms with E-state index in [9.17, 15) is 14.7 Å². The summed E-state index contributed by atoms with van der Waals surface area (Å²) in [6.45, 7) is 6.06. The molecule has 2 N–H and O–H groups in total. The molecule has 6 atom stereocenters. The smallest absolute Gasteiger partial charge is 0.480 e. The van der Waals surface area contributed by atoms with Gasteiger partial charge in [-0.05, 0) is 49.9 Å². The minimum Gasteiger partial charge on any atom is -0.480 e. The molecular weight excluding hydrogens is 1010 g/mol. The van der Waals surface area contributed by atoms with E-state index < -0.39 is 69.3 Å². The van der Waals surface area contributed by atoms with Gasteiger partial charge in [0.2, 0.25) is 0 Å². The molecule has 1 aliphatic rings. The van der Waals surface area contributed by atoms with E-state index in [4.69, 9.17) is 37.3 Å². The Morgan fingerprint density at radius 2 is 1.06 bits per heavy atom. The predicted molar refractivity (Wildman–Crippen MR) is 302 cm³/mol. The van der Waals surface area contributed by atoms with Crippen LogP contribution < -0.4 is 14.4 Å². The van der Waals surface area contributed by atoms with Crippen LogP contribution in [0.5, 0.6) is 11.5 Å². The van der Waals surface area contributed by atoms with Gasteiger partial charge in [0.1, 0.15) is 42.5 Å². The van der Waals surface area contributed by atoms with E-state index in [-0.39, 0.29) is 37.2 Å². The molecule has 0 radical (unpaired) electrons. The molecule has 16 heteroatoms. The third-order valence-corrected chi connectivity index (χ3v) is 15.6. The largest absolute Gasteiger partial charge is 0.588 e. The number of hydrogen-bond donors (Lipinski definition) is 2. The number of methoxy groups -OCH3 is 1. The fourth-order valence-corrected chi connectivity index (χ4v) is 11.2. The lowest BCUT2D eigenvalue weighted by Crippen LogP contribution is -2.67. The number of unbranched alkanes of at least 4 members (excludes halogenated alkanes) is 26. The minimum absolute atomic E-state index is 0.0131. The summed E-state index contributed by atoms with van der Waals surface area (Å²) in [7, 11) is -3.37. The van der Waals surface area contributed by atoms with Crippen LogP contribution in [0, 0.1) is 0 Å². The van der Waals surface area contributed by atoms with E-state index in [0.29, 0.717) is 19.4 Å². The van der Waals surface area contributed by atoms with Gasteiger partial charge >= 0.3 is 19.7 Å². The number of amides is 1. The first-order chi connectivity index (χ1) is 37.4. The Labute approximate surface area is 463 Å². The number of phosphoric acid groups is 1. The average molecular weight is 1110 g/mol. The van der Waals surface area contributed by atoms with Gasteiger partial charge in [-0.25, -0.2) is 9.36 Å². The first-order valence-corrected chi connectivity index (χ1v) is 31.6. The van der Waals surface area contributed by atoms with Crippen molar-refractivity contribution in [2.75, 3.05) is 33.5 Å². The summed E-state index contributed by atoms with van der Waals surface area (Å²) in [5.74, 6) is -6.52. The third kappa shape index (κ3) is 30.8. The monoisotopic (exact) mass is 1110 g/mol. The van der Waals surface area contributed by atoms with Gasteiger partial charge in [-0.3, -0.25) is 9.32 Å². The molecule has 0 saturated carbocycles. The molecule has 442 valence electrons. The van der Waals surface area contributed by atoms with E-state index in [1.165, 1.54) is 116 Å². The van der Waals surface area contributed by atoms with Crippen LogP contribution in [0.4, 0.5) is 8.78 Å². The van der Waals surface area contributed by atoms with Crippen molar-refractivity contribution in [2.45, 2.75) is 269 Å². The van der Waals surface area contributed by atoms with Gasteiger partial charge in [0.05, 0.1) is 12.7 Å². The minimum atomic E-state index is -4.76. The van der Waals surface area contributed by atoms with Crippen LogP contribution in [0.25, 0.3) is 0 Å². The van der Waals surface area contributed by atoms with Crippen LogP contribution in [-0.2, 0) is 42.4 Å². The van der Waals surface area contributed by atoms with Crippen molar-refractivity contribution < 1.29 is 65.3 Å². The molecular formula is C61H102F2NO12P. The van der Waals surface area contributed by atoms with E-state index in [1.54, 1.807) is 60.7 Å². The Morgan fingerprint density at radius 3 is 1.53 bits per heavy atom. The molecule has 0 spiro atoms. The number of halogens is 2. The SMILES string of the molecule is CCCCCCCCCCCCO[C@H](CCCCCCCCCCC)CCO[C@@H]1[C@@H](NC(=O)C(F)(F)CCCCCCCCCCCC)[C@@H](OCC(=O)O)O[C@H](COC)[C@H]1OP(=O)(Oc1ccccc1)Oc1ccccc1. The maximum Gasteiger partial charge on any atom is 0.588 e. The summed E-state index contributed by atoms with van der Waals surface area (Å²) in [6, 6.07) is 14.9. The van der Waals surface area contributed by atoms with Crippen LogP contribution in [0.3, 0.4) is 0 Å². The molecule has 77 heavy (non-hydrogen) atoms. The summed E-state index contributed by atoms with van der Waals surface area (Å²) < 4.78 is 96.7. The molecule has 13 nitrogen and oxygen atoms in total. The van der Waals surface area contributed by atoms with Gasteiger partial charge in [-0.15, -0.1) is 0 Å². The quantitative estimate of drug-likeness (QED) is 0.0478. The maximum atomic E-state index is 16.1. The Bertz CT molecular complexity index is 1760. The molecule has 0 bridgehead atoms. The maximum absolute atomic E-state index is 16.1. The Balaban J connectivity index is 1.93. The molecule has 1 heterocycles. The summed E-state index contributed by atoms with van der Waals surface area (Å²) in [6.07, 6.45) is 26.3. The molecule has 0 unspecified atom stereocenters. The molecule has 2 aromatic rings. The highest BCUT2D eigenvalue weighted by atomic mass is 31.2. The van der Waals surface area contributed by atoms with Gasteiger partial charge in [-0.2, -0.15) is 8.78 Å². The first kappa shape index (κ1) is 68.1. The van der Waals surface area contributed by atoms with E-state index >= 15 is 13.3 Å². The number of carbonyl (C=O) groups excluding carboxylic acids is 1. The highest BCUT2D eigenvalue weighted by molar-refractivity contribution is 7.49. The molecule has 0 aliphatic carbocycles. The van der Waals surface area contributed by atoms with Crippen LogP contribution in [0.15, 0.2) is 60.7 Å². The zero-order chi connectivity index (χ0) is 55.7. The Kier molecular flexibility index (Phi) is 37.8. The average Bonchev–Trinajstić information content (AvgIpc) is 3.42. The first-order valence-electron chi connectivity index (χ1n) is 30.1. The molecule has 0 aromatic heterocycles. The molecule has 1 aliphatic heterocycles. The van der Waals surface area contributed by atoms with Crippen molar-refractivity contribution in [1.82, 2.24) is 5.32 Å². The van der Waals surface area contributed by atoms with E-state index in [1.807, 2.05) is 0 Å². The number of ether oxygens (including phenoxy) is 5. The second kappa shape index (κ2) is 42.7. The van der Waals surface area contributed by atoms with Crippen molar-refractivity contribution in [3.8, 4) is 11.5 Å². The van der Waals surface area contributed by atoms with Crippen molar-refractivity contribution >= 4 is 19.7 Å². The fourth-order valence-electron chi connectivity index (χ4n) is 9.78. The summed E-state index contributed by atoms with van der Waals surface area (Å²) >= 11 is 0. The molecule has 3 rings (SSSR count). The lowest BCUT2D eigenvalue weighted by molar-refractivity contribution is -0.275. The van der Waals surface area contributed by atoms with Crippen LogP contribution in [-0.4, -0.2) is 93.2 Å². The Hall–Kier alpha value is -3.17. The predicted octanol–water partition coefficient (Wildman–Crippen LogP) is 16.5. The number of phosphoric ester groups is 1. The normalized spacial score (nSPS) is 18.3. The Morgan fingerprint density at radius 1 is 0.610 bits per heavy atom. The van der Waals surface area contributed by atoms with Crippen LogP contribution in [0.1, 0.15) is 226 Å². The molecule has 1 amide bonds. The molecule has 1 fully saturated rings. The fraction of sp³-hybridized carbons (Fsp3) is 0.770. The number of para-hydroxylation sites is 2.